The number of hydrogen-bond acceptors (Lipinski definition) is 3. The number of benzene rings is 1. The summed E-state index contributed by atoms with van der Waals surface area (Å²) in [7, 11) is 0. The summed E-state index contributed by atoms with van der Waals surface area (Å²) < 4.78 is 5.65. The molecule has 1 amide bonds. The predicted octanol–water partition coefficient (Wildman–Crippen LogP) is 2.79. The standard InChI is InChI=1S/C16H24N2O2/c1-11(2)9-15(17)16(19)18-13-5-7-14(8-6-13)20-10-12-3-4-12/h5-8,11-12,15H,3-4,9-10,17H2,1-2H3,(H,18,19)/t15-/m0/s1. The van der Waals surface area contributed by atoms with E-state index in [0.717, 1.165) is 24.0 Å². The lowest BCUT2D eigenvalue weighted by Crippen LogP contribution is -2.36. The average molecular weight is 276 g/mol. The van der Waals surface area contributed by atoms with Crippen molar-refractivity contribution >= 4 is 11.6 Å². The molecule has 20 heavy (non-hydrogen) atoms. The van der Waals surface area contributed by atoms with Crippen LogP contribution in [-0.2, 0) is 4.79 Å². The number of rotatable bonds is 7. The van der Waals surface area contributed by atoms with Crippen LogP contribution in [0.15, 0.2) is 24.3 Å². The smallest absolute Gasteiger partial charge is 0.241 e. The van der Waals surface area contributed by atoms with E-state index in [2.05, 4.69) is 19.2 Å². The number of anilines is 1. The van der Waals surface area contributed by atoms with Gasteiger partial charge in [-0.15, -0.1) is 0 Å². The first-order chi connectivity index (χ1) is 9.54. The summed E-state index contributed by atoms with van der Waals surface area (Å²) in [4.78, 5) is 11.9. The maximum Gasteiger partial charge on any atom is 0.241 e. The van der Waals surface area contributed by atoms with Crippen LogP contribution in [0.4, 0.5) is 5.69 Å². The molecule has 1 saturated carbocycles. The largest absolute Gasteiger partial charge is 0.493 e. The molecule has 1 aromatic carbocycles. The molecule has 1 atom stereocenters. The van der Waals surface area contributed by atoms with Gasteiger partial charge in [-0.3, -0.25) is 4.79 Å². The van der Waals surface area contributed by atoms with Gasteiger partial charge in [0.1, 0.15) is 5.75 Å². The number of carbonyl (C=O) groups excluding carboxylic acids is 1. The molecular weight excluding hydrogens is 252 g/mol. The molecule has 0 radical (unpaired) electrons. The van der Waals surface area contributed by atoms with Crippen LogP contribution in [0.3, 0.4) is 0 Å². The highest BCUT2D eigenvalue weighted by Gasteiger charge is 2.21. The molecule has 2 rings (SSSR count). The molecule has 1 aliphatic rings. The summed E-state index contributed by atoms with van der Waals surface area (Å²) in [6.45, 7) is 4.91. The first-order valence-corrected chi connectivity index (χ1v) is 7.34. The zero-order chi connectivity index (χ0) is 14.5. The lowest BCUT2D eigenvalue weighted by Gasteiger charge is -2.14. The third-order valence-electron chi connectivity index (χ3n) is 3.37. The lowest BCUT2D eigenvalue weighted by molar-refractivity contribution is -0.117. The van der Waals surface area contributed by atoms with Crippen LogP contribution in [0.2, 0.25) is 0 Å². The maximum atomic E-state index is 11.9. The number of amides is 1. The minimum atomic E-state index is -0.458. The van der Waals surface area contributed by atoms with E-state index in [-0.39, 0.29) is 5.91 Å². The monoisotopic (exact) mass is 276 g/mol. The van der Waals surface area contributed by atoms with Crippen LogP contribution in [-0.4, -0.2) is 18.6 Å². The Labute approximate surface area is 120 Å². The topological polar surface area (TPSA) is 64.4 Å². The van der Waals surface area contributed by atoms with E-state index in [9.17, 15) is 4.79 Å². The van der Waals surface area contributed by atoms with E-state index in [1.165, 1.54) is 12.8 Å². The highest BCUT2D eigenvalue weighted by Crippen LogP contribution is 2.29. The summed E-state index contributed by atoms with van der Waals surface area (Å²) in [6, 6.07) is 7.00. The second kappa shape index (κ2) is 6.75. The fraction of sp³-hybridized carbons (Fsp3) is 0.562. The van der Waals surface area contributed by atoms with Crippen molar-refractivity contribution in [3.63, 3.8) is 0 Å². The molecule has 0 spiro atoms. The predicted molar refractivity (Wildman–Crippen MR) is 80.7 cm³/mol. The highest BCUT2D eigenvalue weighted by molar-refractivity contribution is 5.94. The molecule has 1 fully saturated rings. The van der Waals surface area contributed by atoms with Crippen molar-refractivity contribution in [2.45, 2.75) is 39.2 Å². The van der Waals surface area contributed by atoms with E-state index in [1.54, 1.807) is 0 Å². The molecule has 4 nitrogen and oxygen atoms in total. The van der Waals surface area contributed by atoms with Crippen LogP contribution < -0.4 is 15.8 Å². The summed E-state index contributed by atoms with van der Waals surface area (Å²) in [5.74, 6) is 1.86. The molecule has 0 unspecified atom stereocenters. The molecule has 4 heteroatoms. The molecule has 1 aromatic rings. The minimum absolute atomic E-state index is 0.134. The fourth-order valence-electron chi connectivity index (χ4n) is 1.98. The van der Waals surface area contributed by atoms with Crippen molar-refractivity contribution in [2.75, 3.05) is 11.9 Å². The van der Waals surface area contributed by atoms with Crippen molar-refractivity contribution in [2.24, 2.45) is 17.6 Å². The van der Waals surface area contributed by atoms with Gasteiger partial charge in [0.2, 0.25) is 5.91 Å². The van der Waals surface area contributed by atoms with Crippen LogP contribution in [0.5, 0.6) is 5.75 Å². The Morgan fingerprint density at radius 2 is 2.00 bits per heavy atom. The molecule has 110 valence electrons. The summed E-state index contributed by atoms with van der Waals surface area (Å²) in [5, 5.41) is 2.83. The van der Waals surface area contributed by atoms with E-state index in [1.807, 2.05) is 24.3 Å². The fourth-order valence-corrected chi connectivity index (χ4v) is 1.98. The van der Waals surface area contributed by atoms with Gasteiger partial charge in [0.05, 0.1) is 12.6 Å². The van der Waals surface area contributed by atoms with Gasteiger partial charge in [0.25, 0.3) is 0 Å². The molecule has 0 aromatic heterocycles. The zero-order valence-electron chi connectivity index (χ0n) is 12.3. The molecule has 0 aliphatic heterocycles. The lowest BCUT2D eigenvalue weighted by atomic mass is 10.0. The van der Waals surface area contributed by atoms with Crippen molar-refractivity contribution in [1.29, 1.82) is 0 Å². The van der Waals surface area contributed by atoms with Gasteiger partial charge in [-0.05, 0) is 55.4 Å². The van der Waals surface area contributed by atoms with Gasteiger partial charge in [0.15, 0.2) is 0 Å². The zero-order valence-corrected chi connectivity index (χ0v) is 12.3. The number of carbonyl (C=O) groups is 1. The average Bonchev–Trinajstić information content (AvgIpc) is 3.21. The molecule has 0 heterocycles. The van der Waals surface area contributed by atoms with E-state index >= 15 is 0 Å². The number of hydrogen-bond donors (Lipinski definition) is 2. The van der Waals surface area contributed by atoms with Gasteiger partial charge in [-0.25, -0.2) is 0 Å². The first kappa shape index (κ1) is 14.9. The van der Waals surface area contributed by atoms with Crippen molar-refractivity contribution in [3.8, 4) is 5.75 Å². The summed E-state index contributed by atoms with van der Waals surface area (Å²) in [5.41, 5.74) is 6.60. The Morgan fingerprint density at radius 3 is 2.55 bits per heavy atom. The molecule has 1 aliphatic carbocycles. The van der Waals surface area contributed by atoms with Gasteiger partial charge in [-0.1, -0.05) is 13.8 Å². The van der Waals surface area contributed by atoms with Crippen molar-refractivity contribution < 1.29 is 9.53 Å². The van der Waals surface area contributed by atoms with Crippen LogP contribution in [0.25, 0.3) is 0 Å². The highest BCUT2D eigenvalue weighted by atomic mass is 16.5. The van der Waals surface area contributed by atoms with E-state index in [4.69, 9.17) is 10.5 Å². The van der Waals surface area contributed by atoms with Gasteiger partial charge >= 0.3 is 0 Å². The quantitative estimate of drug-likeness (QED) is 0.805. The first-order valence-electron chi connectivity index (χ1n) is 7.34. The van der Waals surface area contributed by atoms with Crippen molar-refractivity contribution in [1.82, 2.24) is 0 Å². The van der Waals surface area contributed by atoms with Gasteiger partial charge in [-0.2, -0.15) is 0 Å². The molecule has 3 N–H and O–H groups in total. The number of nitrogens with two attached hydrogens (primary N) is 1. The third-order valence-corrected chi connectivity index (χ3v) is 3.37. The Kier molecular flexibility index (Phi) is 5.01. The van der Waals surface area contributed by atoms with E-state index in [0.29, 0.717) is 12.3 Å². The molecular formula is C16H24N2O2. The van der Waals surface area contributed by atoms with Crippen LogP contribution in [0, 0.1) is 11.8 Å². The van der Waals surface area contributed by atoms with Crippen molar-refractivity contribution in [3.05, 3.63) is 24.3 Å². The number of ether oxygens (including phenoxy) is 1. The van der Waals surface area contributed by atoms with Gasteiger partial charge < -0.3 is 15.8 Å². The Balaban J connectivity index is 1.81. The second-order valence-corrected chi connectivity index (χ2v) is 6.00. The Hall–Kier alpha value is -1.55. The third kappa shape index (κ3) is 4.85. The Morgan fingerprint density at radius 1 is 1.35 bits per heavy atom. The molecule has 0 saturated heterocycles. The number of nitrogens with one attached hydrogen (secondary N) is 1. The van der Waals surface area contributed by atoms with E-state index < -0.39 is 6.04 Å². The SMILES string of the molecule is CC(C)C[C@H](N)C(=O)Nc1ccc(OCC2CC2)cc1. The summed E-state index contributed by atoms with van der Waals surface area (Å²) >= 11 is 0. The normalized spacial score (nSPS) is 16.0. The second-order valence-electron chi connectivity index (χ2n) is 6.00. The van der Waals surface area contributed by atoms with Crippen LogP contribution >= 0.6 is 0 Å². The Bertz CT molecular complexity index is 438. The maximum absolute atomic E-state index is 11.9. The molecule has 0 bridgehead atoms. The van der Waals surface area contributed by atoms with Crippen LogP contribution in [0.1, 0.15) is 33.1 Å². The summed E-state index contributed by atoms with van der Waals surface area (Å²) in [6.07, 6.45) is 3.25. The minimum Gasteiger partial charge on any atom is -0.493 e. The van der Waals surface area contributed by atoms with Gasteiger partial charge in [0, 0.05) is 5.69 Å².